The van der Waals surface area contributed by atoms with Crippen LogP contribution in [0.4, 0.5) is 14.5 Å². The molecule has 1 aromatic carbocycles. The first-order valence-corrected chi connectivity index (χ1v) is 10.8. The molecule has 1 aliphatic heterocycles. The van der Waals surface area contributed by atoms with E-state index in [9.17, 15) is 22.0 Å². The number of sulfonamides is 1. The first-order valence-electron chi connectivity index (χ1n) is 7.79. The van der Waals surface area contributed by atoms with Gasteiger partial charge in [-0.05, 0) is 53.0 Å². The molecule has 5 nitrogen and oxygen atoms in total. The molecule has 26 heavy (non-hydrogen) atoms. The van der Waals surface area contributed by atoms with Gasteiger partial charge in [0.2, 0.25) is 5.91 Å². The van der Waals surface area contributed by atoms with Crippen LogP contribution < -0.4 is 5.32 Å². The van der Waals surface area contributed by atoms with Crippen LogP contribution in [0.25, 0.3) is 0 Å². The summed E-state index contributed by atoms with van der Waals surface area (Å²) in [4.78, 5) is 12.4. The van der Waals surface area contributed by atoms with Gasteiger partial charge in [0.1, 0.15) is 4.21 Å². The first-order chi connectivity index (χ1) is 12.3. The largest absolute Gasteiger partial charge is 0.326 e. The van der Waals surface area contributed by atoms with Crippen molar-refractivity contribution in [1.29, 1.82) is 0 Å². The molecular formula is C16H15BrF2N2O3S2. The van der Waals surface area contributed by atoms with Crippen LogP contribution in [0, 0.1) is 17.6 Å². The van der Waals surface area contributed by atoms with Crippen LogP contribution in [0.1, 0.15) is 12.8 Å². The summed E-state index contributed by atoms with van der Waals surface area (Å²) in [5.74, 6) is -3.03. The summed E-state index contributed by atoms with van der Waals surface area (Å²) in [6.07, 6.45) is 1.07. The van der Waals surface area contributed by atoms with Gasteiger partial charge >= 0.3 is 0 Å². The van der Waals surface area contributed by atoms with Crippen molar-refractivity contribution >= 4 is 48.9 Å². The maximum atomic E-state index is 13.3. The number of thiophene rings is 1. The molecule has 1 N–H and O–H groups in total. The molecule has 0 bridgehead atoms. The Morgan fingerprint density at radius 3 is 2.65 bits per heavy atom. The van der Waals surface area contributed by atoms with Crippen LogP contribution in [0.15, 0.2) is 38.3 Å². The van der Waals surface area contributed by atoms with E-state index >= 15 is 0 Å². The molecule has 2 heterocycles. The summed E-state index contributed by atoms with van der Waals surface area (Å²) in [5.41, 5.74) is 0.135. The Morgan fingerprint density at radius 2 is 2.00 bits per heavy atom. The molecule has 3 rings (SSSR count). The van der Waals surface area contributed by atoms with Gasteiger partial charge < -0.3 is 5.32 Å². The van der Waals surface area contributed by atoms with E-state index in [-0.39, 0.29) is 16.4 Å². The summed E-state index contributed by atoms with van der Waals surface area (Å²) in [7, 11) is -3.66. The number of benzene rings is 1. The average molecular weight is 465 g/mol. The monoisotopic (exact) mass is 464 g/mol. The highest BCUT2D eigenvalue weighted by Crippen LogP contribution is 2.31. The molecule has 1 aliphatic rings. The van der Waals surface area contributed by atoms with Crippen molar-refractivity contribution in [3.05, 3.63) is 45.8 Å². The molecule has 0 saturated carbocycles. The van der Waals surface area contributed by atoms with E-state index in [1.165, 1.54) is 16.4 Å². The molecule has 10 heteroatoms. The van der Waals surface area contributed by atoms with Gasteiger partial charge in [-0.15, -0.1) is 11.3 Å². The molecule has 1 saturated heterocycles. The smallest absolute Gasteiger partial charge is 0.252 e. The number of anilines is 1. The zero-order valence-corrected chi connectivity index (χ0v) is 16.6. The molecule has 1 atom stereocenters. The molecule has 140 valence electrons. The van der Waals surface area contributed by atoms with Crippen LogP contribution in [0.5, 0.6) is 0 Å². The molecule has 1 aromatic heterocycles. The maximum absolute atomic E-state index is 13.3. The predicted octanol–water partition coefficient (Wildman–Crippen LogP) is 3.83. The first kappa shape index (κ1) is 19.4. The summed E-state index contributed by atoms with van der Waals surface area (Å²) < 4.78 is 53.9. The number of halogens is 3. The minimum absolute atomic E-state index is 0.0490. The van der Waals surface area contributed by atoms with E-state index in [4.69, 9.17) is 0 Å². The van der Waals surface area contributed by atoms with Crippen LogP contribution in [-0.2, 0) is 14.8 Å². The van der Waals surface area contributed by atoms with Crippen molar-refractivity contribution in [1.82, 2.24) is 4.31 Å². The van der Waals surface area contributed by atoms with Crippen molar-refractivity contribution in [3.8, 4) is 0 Å². The third-order valence-electron chi connectivity index (χ3n) is 4.08. The number of nitrogens with zero attached hydrogens (tertiary/aromatic N) is 1. The molecule has 1 amide bonds. The van der Waals surface area contributed by atoms with Crippen molar-refractivity contribution in [2.75, 3.05) is 18.4 Å². The highest BCUT2D eigenvalue weighted by Gasteiger charge is 2.34. The van der Waals surface area contributed by atoms with E-state index < -0.39 is 33.5 Å². The quantitative estimate of drug-likeness (QED) is 0.747. The van der Waals surface area contributed by atoms with Crippen molar-refractivity contribution in [2.24, 2.45) is 5.92 Å². The lowest BCUT2D eigenvalue weighted by atomic mass is 9.98. The zero-order chi connectivity index (χ0) is 18.9. The average Bonchev–Trinajstić information content (AvgIpc) is 3.05. The van der Waals surface area contributed by atoms with Crippen LogP contribution >= 0.6 is 27.3 Å². The minimum atomic E-state index is -3.66. The number of nitrogens with one attached hydrogen (secondary N) is 1. The summed E-state index contributed by atoms with van der Waals surface area (Å²) >= 11 is 4.36. The second-order valence-electron chi connectivity index (χ2n) is 5.88. The Kier molecular flexibility index (Phi) is 5.75. The number of hydrogen-bond acceptors (Lipinski definition) is 4. The molecule has 0 aliphatic carbocycles. The lowest BCUT2D eigenvalue weighted by Crippen LogP contribution is -2.43. The SMILES string of the molecule is O=C(Nc1ccc(F)c(F)c1)C1CCCN(S(=O)(=O)c2ccc(Br)s2)C1. The van der Waals surface area contributed by atoms with Crippen LogP contribution in [0.2, 0.25) is 0 Å². The number of carbonyl (C=O) groups is 1. The van der Waals surface area contributed by atoms with Gasteiger partial charge in [-0.3, -0.25) is 4.79 Å². The number of piperidine rings is 1. The molecule has 1 fully saturated rings. The number of amides is 1. The van der Waals surface area contributed by atoms with Crippen molar-refractivity contribution in [2.45, 2.75) is 17.1 Å². The van der Waals surface area contributed by atoms with Crippen LogP contribution in [0.3, 0.4) is 0 Å². The third kappa shape index (κ3) is 4.13. The van der Waals surface area contributed by atoms with Crippen LogP contribution in [-0.4, -0.2) is 31.7 Å². The fourth-order valence-electron chi connectivity index (χ4n) is 2.76. The van der Waals surface area contributed by atoms with Gasteiger partial charge in [0.15, 0.2) is 11.6 Å². The van der Waals surface area contributed by atoms with Gasteiger partial charge in [-0.1, -0.05) is 0 Å². The fourth-order valence-corrected chi connectivity index (χ4v) is 6.44. The molecule has 0 spiro atoms. The number of hydrogen-bond donors (Lipinski definition) is 1. The lowest BCUT2D eigenvalue weighted by Gasteiger charge is -2.30. The van der Waals surface area contributed by atoms with E-state index in [0.29, 0.717) is 23.2 Å². The topological polar surface area (TPSA) is 66.5 Å². The summed E-state index contributed by atoms with van der Waals surface area (Å²) in [6.45, 7) is 0.389. The van der Waals surface area contributed by atoms with E-state index in [1.54, 1.807) is 6.07 Å². The number of carbonyl (C=O) groups excluding carboxylic acids is 1. The molecule has 1 unspecified atom stereocenters. The summed E-state index contributed by atoms with van der Waals surface area (Å²) in [6, 6.07) is 6.27. The molecule has 0 radical (unpaired) electrons. The second-order valence-corrected chi connectivity index (χ2v) is 10.5. The number of rotatable bonds is 4. The normalized spacial score (nSPS) is 18.7. The van der Waals surface area contributed by atoms with Crippen molar-refractivity contribution < 1.29 is 22.0 Å². The Morgan fingerprint density at radius 1 is 1.23 bits per heavy atom. The Balaban J connectivity index is 1.71. The Hall–Kier alpha value is -1.36. The summed E-state index contributed by atoms with van der Waals surface area (Å²) in [5, 5.41) is 2.52. The highest BCUT2D eigenvalue weighted by atomic mass is 79.9. The van der Waals surface area contributed by atoms with Gasteiger partial charge in [0, 0.05) is 24.8 Å². The molecule has 2 aromatic rings. The Labute approximate surface area is 162 Å². The third-order valence-corrected chi connectivity index (χ3v) is 8.04. The highest BCUT2D eigenvalue weighted by molar-refractivity contribution is 9.11. The van der Waals surface area contributed by atoms with E-state index in [1.807, 2.05) is 0 Å². The van der Waals surface area contributed by atoms with Gasteiger partial charge in [0.05, 0.1) is 9.70 Å². The standard InChI is InChI=1S/C16H15BrF2N2O3S2/c17-14-5-6-15(25-14)26(23,24)21-7-1-2-10(9-21)16(22)20-11-3-4-12(18)13(19)8-11/h3-6,8,10H,1-2,7,9H2,(H,20,22). The second kappa shape index (κ2) is 7.71. The molecular weight excluding hydrogens is 450 g/mol. The maximum Gasteiger partial charge on any atom is 0.252 e. The lowest BCUT2D eigenvalue weighted by molar-refractivity contribution is -0.120. The minimum Gasteiger partial charge on any atom is -0.326 e. The van der Waals surface area contributed by atoms with E-state index in [0.717, 1.165) is 23.5 Å². The zero-order valence-electron chi connectivity index (χ0n) is 13.4. The van der Waals surface area contributed by atoms with E-state index in [2.05, 4.69) is 21.2 Å². The predicted molar refractivity (Wildman–Crippen MR) is 98.5 cm³/mol. The van der Waals surface area contributed by atoms with Gasteiger partial charge in [0.25, 0.3) is 10.0 Å². The fraction of sp³-hybridized carbons (Fsp3) is 0.312. The Bertz CT molecular complexity index is 933. The van der Waals surface area contributed by atoms with Crippen molar-refractivity contribution in [3.63, 3.8) is 0 Å². The van der Waals surface area contributed by atoms with Gasteiger partial charge in [-0.2, -0.15) is 4.31 Å². The van der Waals surface area contributed by atoms with Gasteiger partial charge in [-0.25, -0.2) is 17.2 Å².